The second-order valence-electron chi connectivity index (χ2n) is 6.38. The zero-order chi connectivity index (χ0) is 19.0. The lowest BCUT2D eigenvalue weighted by atomic mass is 9.91. The van der Waals surface area contributed by atoms with Crippen LogP contribution in [0, 0.1) is 18.3 Å². The Kier molecular flexibility index (Phi) is 4.13. The average Bonchev–Trinajstić information content (AvgIpc) is 3.33. The summed E-state index contributed by atoms with van der Waals surface area (Å²) in [6.45, 7) is 2.00. The molecule has 6 nitrogen and oxygen atoms in total. The van der Waals surface area contributed by atoms with Crippen LogP contribution in [-0.2, 0) is 4.79 Å². The second-order valence-corrected chi connectivity index (χ2v) is 6.38. The fourth-order valence-corrected chi connectivity index (χ4v) is 3.53. The number of aryl methyl sites for hydroxylation is 1. The van der Waals surface area contributed by atoms with Crippen molar-refractivity contribution in [2.24, 2.45) is 0 Å². The Morgan fingerprint density at radius 1 is 1.37 bits per heavy atom. The van der Waals surface area contributed by atoms with Gasteiger partial charge in [-0.25, -0.2) is 4.98 Å². The minimum absolute atomic E-state index is 0.206. The van der Waals surface area contributed by atoms with Gasteiger partial charge < -0.3 is 18.9 Å². The molecule has 0 aliphatic carbocycles. The van der Waals surface area contributed by atoms with Gasteiger partial charge in [0.05, 0.1) is 24.7 Å². The molecule has 2 heterocycles. The number of hydrogen-bond donors (Lipinski definition) is 1. The lowest BCUT2D eigenvalue weighted by Gasteiger charge is -2.17. The summed E-state index contributed by atoms with van der Waals surface area (Å²) < 4.78 is 11.6. The van der Waals surface area contributed by atoms with Gasteiger partial charge in [-0.05, 0) is 42.8 Å². The van der Waals surface area contributed by atoms with Crippen LogP contribution in [0.5, 0.6) is 5.75 Å². The standard InChI is InChI=1S/C21H17N3O3/c1-12-9-18(26-2)19(14-5-7-23-20(12)14)15(6-8-25)21-24-16-10-13(11-22)3-4-17(16)27-21/h3-5,7-10,15,23H,6H2,1-2H3. The van der Waals surface area contributed by atoms with Crippen molar-refractivity contribution in [1.29, 1.82) is 5.26 Å². The lowest BCUT2D eigenvalue weighted by molar-refractivity contribution is -0.108. The molecule has 134 valence electrons. The summed E-state index contributed by atoms with van der Waals surface area (Å²) in [6, 6.07) is 11.1. The number of nitriles is 1. The normalized spacial score (nSPS) is 12.2. The van der Waals surface area contributed by atoms with E-state index in [-0.39, 0.29) is 6.42 Å². The van der Waals surface area contributed by atoms with E-state index in [1.807, 2.05) is 25.3 Å². The molecule has 1 N–H and O–H groups in total. The van der Waals surface area contributed by atoms with Crippen LogP contribution < -0.4 is 4.74 Å². The molecule has 0 amide bonds. The minimum atomic E-state index is -0.394. The molecule has 1 unspecified atom stereocenters. The summed E-state index contributed by atoms with van der Waals surface area (Å²) in [4.78, 5) is 19.3. The number of benzene rings is 2. The fourth-order valence-electron chi connectivity index (χ4n) is 3.53. The van der Waals surface area contributed by atoms with Crippen molar-refractivity contribution in [3.8, 4) is 11.8 Å². The van der Waals surface area contributed by atoms with Crippen LogP contribution in [0.4, 0.5) is 0 Å². The number of hydrogen-bond acceptors (Lipinski definition) is 5. The first-order valence-corrected chi connectivity index (χ1v) is 8.55. The first-order valence-electron chi connectivity index (χ1n) is 8.55. The van der Waals surface area contributed by atoms with Crippen molar-refractivity contribution >= 4 is 28.3 Å². The van der Waals surface area contributed by atoms with Gasteiger partial charge in [-0.1, -0.05) is 0 Å². The van der Waals surface area contributed by atoms with Crippen LogP contribution >= 0.6 is 0 Å². The van der Waals surface area contributed by atoms with E-state index in [1.54, 1.807) is 25.3 Å². The molecule has 6 heteroatoms. The highest BCUT2D eigenvalue weighted by atomic mass is 16.5. The van der Waals surface area contributed by atoms with E-state index in [0.29, 0.717) is 28.3 Å². The number of carbonyl (C=O) groups is 1. The van der Waals surface area contributed by atoms with Crippen LogP contribution in [0.25, 0.3) is 22.0 Å². The van der Waals surface area contributed by atoms with Crippen LogP contribution in [0.2, 0.25) is 0 Å². The minimum Gasteiger partial charge on any atom is -0.496 e. The van der Waals surface area contributed by atoms with E-state index < -0.39 is 5.92 Å². The number of aromatic nitrogens is 2. The molecule has 0 saturated heterocycles. The quantitative estimate of drug-likeness (QED) is 0.539. The predicted octanol–water partition coefficient (Wildman–Crippen LogP) is 4.22. The number of ether oxygens (including phenoxy) is 1. The maximum absolute atomic E-state index is 11.5. The second kappa shape index (κ2) is 6.61. The summed E-state index contributed by atoms with van der Waals surface area (Å²) in [7, 11) is 1.61. The van der Waals surface area contributed by atoms with E-state index in [2.05, 4.69) is 16.0 Å². The van der Waals surface area contributed by atoms with Crippen molar-refractivity contribution in [2.75, 3.05) is 7.11 Å². The summed E-state index contributed by atoms with van der Waals surface area (Å²) in [5.74, 6) is 0.720. The highest BCUT2D eigenvalue weighted by Crippen LogP contribution is 2.40. The van der Waals surface area contributed by atoms with Gasteiger partial charge in [0.15, 0.2) is 5.58 Å². The summed E-state index contributed by atoms with van der Waals surface area (Å²) in [6.07, 6.45) is 2.93. The molecular weight excluding hydrogens is 342 g/mol. The van der Waals surface area contributed by atoms with Gasteiger partial charge in [-0.3, -0.25) is 0 Å². The van der Waals surface area contributed by atoms with Crippen molar-refractivity contribution in [3.05, 3.63) is 59.1 Å². The van der Waals surface area contributed by atoms with Crippen molar-refractivity contribution in [3.63, 3.8) is 0 Å². The van der Waals surface area contributed by atoms with E-state index in [1.165, 1.54) is 0 Å². The lowest BCUT2D eigenvalue weighted by Crippen LogP contribution is -2.06. The molecule has 1 atom stereocenters. The number of aromatic amines is 1. The van der Waals surface area contributed by atoms with E-state index >= 15 is 0 Å². The molecule has 0 aliphatic heterocycles. The molecule has 4 aromatic rings. The zero-order valence-electron chi connectivity index (χ0n) is 14.9. The Labute approximate surface area is 155 Å². The Morgan fingerprint density at radius 3 is 2.96 bits per heavy atom. The Morgan fingerprint density at radius 2 is 2.22 bits per heavy atom. The third-order valence-corrected chi connectivity index (χ3v) is 4.78. The number of nitrogens with zero attached hydrogens (tertiary/aromatic N) is 2. The summed E-state index contributed by atoms with van der Waals surface area (Å²) in [5.41, 5.74) is 4.59. The van der Waals surface area contributed by atoms with E-state index in [4.69, 9.17) is 14.4 Å². The number of nitrogens with one attached hydrogen (secondary N) is 1. The average molecular weight is 359 g/mol. The van der Waals surface area contributed by atoms with E-state index in [0.717, 1.165) is 28.3 Å². The third-order valence-electron chi connectivity index (χ3n) is 4.78. The van der Waals surface area contributed by atoms with Gasteiger partial charge in [0.1, 0.15) is 17.6 Å². The smallest absolute Gasteiger partial charge is 0.203 e. The van der Waals surface area contributed by atoms with Gasteiger partial charge in [-0.2, -0.15) is 5.26 Å². The topological polar surface area (TPSA) is 91.9 Å². The Balaban J connectivity index is 1.95. The number of oxazole rings is 1. The molecular formula is C21H17N3O3. The molecule has 0 bridgehead atoms. The van der Waals surface area contributed by atoms with Gasteiger partial charge in [0.25, 0.3) is 0 Å². The number of carbonyl (C=O) groups excluding carboxylic acids is 1. The Hall–Kier alpha value is -3.59. The number of H-pyrrole nitrogens is 1. The SMILES string of the molecule is COc1cc(C)c2[nH]ccc2c1C(CC=O)c1nc2cc(C#N)ccc2o1. The van der Waals surface area contributed by atoms with Crippen molar-refractivity contribution < 1.29 is 13.9 Å². The molecule has 0 spiro atoms. The monoisotopic (exact) mass is 359 g/mol. The van der Waals surface area contributed by atoms with Crippen molar-refractivity contribution in [2.45, 2.75) is 19.3 Å². The van der Waals surface area contributed by atoms with Crippen LogP contribution in [0.3, 0.4) is 0 Å². The first-order chi connectivity index (χ1) is 13.2. The number of aldehydes is 1. The van der Waals surface area contributed by atoms with Crippen LogP contribution in [-0.4, -0.2) is 23.4 Å². The Bertz CT molecular complexity index is 1200. The number of methoxy groups -OCH3 is 1. The summed E-state index contributed by atoms with van der Waals surface area (Å²) >= 11 is 0. The van der Waals surface area contributed by atoms with Gasteiger partial charge in [-0.15, -0.1) is 0 Å². The van der Waals surface area contributed by atoms with Crippen LogP contribution in [0.15, 0.2) is 40.9 Å². The predicted molar refractivity (Wildman–Crippen MR) is 101 cm³/mol. The van der Waals surface area contributed by atoms with Crippen LogP contribution in [0.1, 0.15) is 34.9 Å². The summed E-state index contributed by atoms with van der Waals surface area (Å²) in [5, 5.41) is 10.1. The van der Waals surface area contributed by atoms with Gasteiger partial charge in [0, 0.05) is 29.1 Å². The van der Waals surface area contributed by atoms with E-state index in [9.17, 15) is 4.79 Å². The highest BCUT2D eigenvalue weighted by molar-refractivity contribution is 5.89. The molecule has 27 heavy (non-hydrogen) atoms. The molecule has 0 saturated carbocycles. The fraction of sp³-hybridized carbons (Fsp3) is 0.190. The molecule has 0 radical (unpaired) electrons. The molecule has 2 aromatic carbocycles. The zero-order valence-corrected chi connectivity index (χ0v) is 14.9. The van der Waals surface area contributed by atoms with Gasteiger partial charge >= 0.3 is 0 Å². The molecule has 0 fully saturated rings. The van der Waals surface area contributed by atoms with Crippen molar-refractivity contribution in [1.82, 2.24) is 9.97 Å². The van der Waals surface area contributed by atoms with Gasteiger partial charge in [0.2, 0.25) is 5.89 Å². The third kappa shape index (κ3) is 2.74. The molecule has 4 rings (SSSR count). The number of rotatable bonds is 5. The highest BCUT2D eigenvalue weighted by Gasteiger charge is 2.27. The maximum atomic E-state index is 11.5. The molecule has 2 aromatic heterocycles. The maximum Gasteiger partial charge on any atom is 0.203 e. The first kappa shape index (κ1) is 16.9. The largest absolute Gasteiger partial charge is 0.496 e. The molecule has 0 aliphatic rings. The number of fused-ring (bicyclic) bond motifs is 2.